The molecule has 0 bridgehead atoms. The largest absolute Gasteiger partial charge is 0.477 e. The van der Waals surface area contributed by atoms with E-state index < -0.39 is 17.2 Å². The maximum Gasteiger partial charge on any atom is 0.341 e. The lowest BCUT2D eigenvalue weighted by Crippen LogP contribution is -2.37. The first-order valence-electron chi connectivity index (χ1n) is 19.1. The highest BCUT2D eigenvalue weighted by molar-refractivity contribution is 5.93. The van der Waals surface area contributed by atoms with Gasteiger partial charge in [-0.1, -0.05) is 31.5 Å². The number of carboxylic acids is 1. The molecule has 0 amide bonds. The number of fused-ring (bicyclic) bond motifs is 2. The zero-order valence-electron chi connectivity index (χ0n) is 30.1. The van der Waals surface area contributed by atoms with Crippen LogP contribution in [0.1, 0.15) is 102 Å². The molecular formula is C41H48FN5O5. The van der Waals surface area contributed by atoms with Crippen LogP contribution in [0.5, 0.6) is 0 Å². The molecule has 52 heavy (non-hydrogen) atoms. The van der Waals surface area contributed by atoms with Crippen molar-refractivity contribution in [3.05, 3.63) is 107 Å². The van der Waals surface area contributed by atoms with Crippen LogP contribution in [0.15, 0.2) is 57.0 Å². The number of nitrogens with zero attached hydrogens (tertiary/aromatic N) is 4. The Kier molecular flexibility index (Phi) is 9.18. The Morgan fingerprint density at radius 2 is 1.63 bits per heavy atom. The minimum Gasteiger partial charge on any atom is -0.477 e. The normalized spacial score (nSPS) is 22.9. The molecule has 8 rings (SSSR count). The number of anilines is 1. The third-order valence-electron chi connectivity index (χ3n) is 12.4. The summed E-state index contributed by atoms with van der Waals surface area (Å²) >= 11 is 0. The monoisotopic (exact) mass is 709 g/mol. The fourth-order valence-corrected chi connectivity index (χ4v) is 9.18. The van der Waals surface area contributed by atoms with Crippen molar-refractivity contribution in [2.24, 2.45) is 11.8 Å². The average molecular weight is 710 g/mol. The molecule has 11 heteroatoms. The van der Waals surface area contributed by atoms with Crippen LogP contribution in [-0.2, 0) is 13.0 Å². The fraction of sp³-hybridized carbons (Fsp3) is 0.512. The van der Waals surface area contributed by atoms with E-state index in [1.807, 2.05) is 4.57 Å². The smallest absolute Gasteiger partial charge is 0.341 e. The number of carboxylic acid groups (broad SMARTS) is 1. The molecule has 2 aromatic carbocycles. The minimum atomic E-state index is -1.29. The molecule has 4 heterocycles. The number of benzene rings is 2. The van der Waals surface area contributed by atoms with Crippen molar-refractivity contribution >= 4 is 22.6 Å². The Morgan fingerprint density at radius 3 is 2.29 bits per heavy atom. The summed E-state index contributed by atoms with van der Waals surface area (Å²) < 4.78 is 18.7. The van der Waals surface area contributed by atoms with Gasteiger partial charge in [0.05, 0.1) is 11.2 Å². The highest BCUT2D eigenvalue weighted by atomic mass is 19.1. The molecule has 2 N–H and O–H groups in total. The van der Waals surface area contributed by atoms with Gasteiger partial charge in [-0.05, 0) is 105 Å². The second kappa shape index (κ2) is 13.8. The third kappa shape index (κ3) is 6.41. The molecule has 4 aromatic rings. The Labute approximate surface area is 301 Å². The molecule has 4 aliphatic rings. The molecule has 0 spiro atoms. The van der Waals surface area contributed by atoms with E-state index in [0.717, 1.165) is 89.8 Å². The van der Waals surface area contributed by atoms with Gasteiger partial charge in [0, 0.05) is 68.0 Å². The highest BCUT2D eigenvalue weighted by Gasteiger charge is 2.41. The Bertz CT molecular complexity index is 2170. The number of aromatic nitrogens is 3. The molecule has 4 atom stereocenters. The molecular weight excluding hydrogens is 661 g/mol. The maximum absolute atomic E-state index is 15.5. The first kappa shape index (κ1) is 34.6. The van der Waals surface area contributed by atoms with E-state index in [-0.39, 0.29) is 34.2 Å². The number of aromatic carboxylic acids is 1. The van der Waals surface area contributed by atoms with Crippen molar-refractivity contribution in [3.8, 4) is 0 Å². The van der Waals surface area contributed by atoms with Gasteiger partial charge < -0.3 is 24.5 Å². The molecule has 4 unspecified atom stereocenters. The number of halogens is 1. The van der Waals surface area contributed by atoms with Crippen molar-refractivity contribution in [2.75, 3.05) is 37.6 Å². The summed E-state index contributed by atoms with van der Waals surface area (Å²) in [5, 5.41) is 9.67. The van der Waals surface area contributed by atoms with Crippen LogP contribution in [0.25, 0.3) is 10.9 Å². The molecule has 2 aliphatic carbocycles. The van der Waals surface area contributed by atoms with Crippen molar-refractivity contribution in [1.82, 2.24) is 19.0 Å². The number of aryl methyl sites for hydroxylation is 2. The van der Waals surface area contributed by atoms with Gasteiger partial charge in [-0.15, -0.1) is 0 Å². The molecule has 2 saturated heterocycles. The first-order valence-corrected chi connectivity index (χ1v) is 19.1. The number of hydrogen-bond donors (Lipinski definition) is 2. The number of H-pyrrole nitrogens is 1. The molecule has 10 nitrogen and oxygen atoms in total. The summed E-state index contributed by atoms with van der Waals surface area (Å²) in [5.74, 6) is -0.449. The van der Waals surface area contributed by atoms with Crippen LogP contribution >= 0.6 is 0 Å². The quantitative estimate of drug-likeness (QED) is 0.179. The minimum absolute atomic E-state index is 0.122. The van der Waals surface area contributed by atoms with Crippen molar-refractivity contribution < 1.29 is 14.3 Å². The van der Waals surface area contributed by atoms with Crippen LogP contribution < -0.4 is 21.6 Å². The van der Waals surface area contributed by atoms with E-state index in [9.17, 15) is 24.3 Å². The predicted octanol–water partition coefficient (Wildman–Crippen LogP) is 5.79. The zero-order valence-corrected chi connectivity index (χ0v) is 30.1. The van der Waals surface area contributed by atoms with E-state index in [2.05, 4.69) is 46.8 Å². The summed E-state index contributed by atoms with van der Waals surface area (Å²) in [6, 6.07) is 11.4. The molecule has 0 radical (unpaired) electrons. The Morgan fingerprint density at radius 1 is 0.904 bits per heavy atom. The number of likely N-dealkylation sites (tertiary alicyclic amines) is 1. The summed E-state index contributed by atoms with van der Waals surface area (Å²) in [7, 11) is 0. The van der Waals surface area contributed by atoms with Gasteiger partial charge in [-0.3, -0.25) is 14.2 Å². The summed E-state index contributed by atoms with van der Waals surface area (Å²) in [4.78, 5) is 58.3. The SMILES string of the molecule is CCc1cc(C2CCC2c2cc(=O)n(CCCCCN3CC4CN(c5cc6c(cc5F)c(=O)c(C(=O)O)cn6C5CC5)CC4C3)c(=O)[nH]2)ccc1C. The standard InChI is InChI=1S/C41H48FN5O5/c1-3-25-15-26(8-7-24(25)2)30-11-12-31(30)35-17-38(48)46(41(52)43-35)14-6-4-5-13-44-19-27-21-45(22-28(27)20-44)37-18-36-32(16-34(37)42)39(49)33(40(50)51)23-47(36)29-9-10-29/h7-8,15-18,23,27-31H,3-6,9-14,19-22H2,1-2H3,(H,43,52)(H,50,51). The first-order chi connectivity index (χ1) is 25.1. The van der Waals surface area contributed by atoms with Crippen LogP contribution in [0.2, 0.25) is 0 Å². The van der Waals surface area contributed by atoms with Gasteiger partial charge in [0.25, 0.3) is 5.56 Å². The molecule has 2 aliphatic heterocycles. The average Bonchev–Trinajstić information content (AvgIpc) is 3.75. The second-order valence-electron chi connectivity index (χ2n) is 15.7. The lowest BCUT2D eigenvalue weighted by Gasteiger charge is -2.37. The fourth-order valence-electron chi connectivity index (χ4n) is 9.18. The number of nitrogens with one attached hydrogen (secondary N) is 1. The van der Waals surface area contributed by atoms with Crippen molar-refractivity contribution in [1.29, 1.82) is 0 Å². The molecule has 2 saturated carbocycles. The van der Waals surface area contributed by atoms with E-state index in [4.69, 9.17) is 0 Å². The summed E-state index contributed by atoms with van der Waals surface area (Å²) in [6.45, 7) is 9.01. The van der Waals surface area contributed by atoms with E-state index in [1.54, 1.807) is 12.1 Å². The van der Waals surface area contributed by atoms with Gasteiger partial charge in [0.2, 0.25) is 5.43 Å². The van der Waals surface area contributed by atoms with Crippen molar-refractivity contribution in [2.45, 2.75) is 89.6 Å². The van der Waals surface area contributed by atoms with E-state index in [1.165, 1.54) is 33.5 Å². The van der Waals surface area contributed by atoms with Crippen LogP contribution in [0.4, 0.5) is 10.1 Å². The number of pyridine rings is 1. The van der Waals surface area contributed by atoms with Crippen molar-refractivity contribution in [3.63, 3.8) is 0 Å². The van der Waals surface area contributed by atoms with Gasteiger partial charge in [0.1, 0.15) is 11.4 Å². The number of rotatable bonds is 12. The second-order valence-corrected chi connectivity index (χ2v) is 15.7. The molecule has 4 fully saturated rings. The van der Waals surface area contributed by atoms with Gasteiger partial charge in [-0.2, -0.15) is 0 Å². The third-order valence-corrected chi connectivity index (χ3v) is 12.4. The van der Waals surface area contributed by atoms with E-state index >= 15 is 4.39 Å². The topological polar surface area (TPSA) is 121 Å². The Hall–Kier alpha value is -4.51. The number of hydrogen-bond acceptors (Lipinski definition) is 6. The number of aromatic amines is 1. The van der Waals surface area contributed by atoms with Crippen LogP contribution in [0, 0.1) is 24.6 Å². The lowest BCUT2D eigenvalue weighted by molar-refractivity contribution is 0.0694. The number of unbranched alkanes of at least 4 members (excludes halogenated alkanes) is 2. The summed E-state index contributed by atoms with van der Waals surface area (Å²) in [5.41, 5.74) is 4.29. The van der Waals surface area contributed by atoms with Crippen LogP contribution in [0.3, 0.4) is 0 Å². The highest BCUT2D eigenvalue weighted by Crippen LogP contribution is 2.48. The number of carbonyl (C=O) groups is 1. The van der Waals surface area contributed by atoms with Gasteiger partial charge in [0.15, 0.2) is 0 Å². The maximum atomic E-state index is 15.5. The summed E-state index contributed by atoms with van der Waals surface area (Å²) in [6.07, 6.45) is 8.91. The predicted molar refractivity (Wildman–Crippen MR) is 199 cm³/mol. The van der Waals surface area contributed by atoms with Crippen LogP contribution in [-0.4, -0.2) is 62.8 Å². The molecule has 2 aromatic heterocycles. The van der Waals surface area contributed by atoms with E-state index in [0.29, 0.717) is 35.5 Å². The van der Waals surface area contributed by atoms with Gasteiger partial charge >= 0.3 is 11.7 Å². The molecule has 274 valence electrons. The Balaban J connectivity index is 0.830. The lowest BCUT2D eigenvalue weighted by atomic mass is 9.68. The van der Waals surface area contributed by atoms with Gasteiger partial charge in [-0.25, -0.2) is 14.0 Å². The zero-order chi connectivity index (χ0) is 36.3.